The lowest BCUT2D eigenvalue weighted by Gasteiger charge is -2.36. The second-order valence-corrected chi connectivity index (χ2v) is 4.88. The molecule has 8 atom stereocenters. The van der Waals surface area contributed by atoms with Crippen molar-refractivity contribution in [3.8, 4) is 0 Å². The van der Waals surface area contributed by atoms with Gasteiger partial charge in [0.1, 0.15) is 48.8 Å². The number of carbonyl (C=O) groups excluding carboxylic acids is 1. The highest BCUT2D eigenvalue weighted by Crippen LogP contribution is 2.19. The van der Waals surface area contributed by atoms with Crippen LogP contribution in [0.2, 0.25) is 0 Å². The number of aliphatic hydroxyl groups excluding tert-OH is 8. The largest absolute Gasteiger partial charge is 0.394 e. The second-order valence-electron chi connectivity index (χ2n) is 4.88. The van der Waals surface area contributed by atoms with Crippen molar-refractivity contribution in [3.05, 3.63) is 0 Å². The Morgan fingerprint density at radius 1 is 1.05 bits per heavy atom. The van der Waals surface area contributed by atoms with E-state index in [1.165, 1.54) is 0 Å². The third kappa shape index (κ3) is 3.94. The SMILES string of the molecule is O=C(C1OC[C@@H](O)[C@H](O)[C@H]1O)[C@H](O)[C@@H](O)[C@H](O)[C@H](O)CO. The minimum atomic E-state index is -2.23. The van der Waals surface area contributed by atoms with E-state index in [0.717, 1.165) is 0 Å². The molecule has 0 bridgehead atoms. The Morgan fingerprint density at radius 3 is 2.14 bits per heavy atom. The van der Waals surface area contributed by atoms with Crippen LogP contribution in [-0.4, -0.2) is 109 Å². The Morgan fingerprint density at radius 2 is 1.62 bits per heavy atom. The highest BCUT2D eigenvalue weighted by Gasteiger charge is 2.45. The molecule has 1 rings (SSSR count). The monoisotopic (exact) mass is 312 g/mol. The van der Waals surface area contributed by atoms with Gasteiger partial charge in [-0.15, -0.1) is 0 Å². The molecule has 1 saturated heterocycles. The molecule has 1 unspecified atom stereocenters. The molecule has 8 N–H and O–H groups in total. The summed E-state index contributed by atoms with van der Waals surface area (Å²) in [6.07, 6.45) is -14.8. The smallest absolute Gasteiger partial charge is 0.195 e. The van der Waals surface area contributed by atoms with Crippen molar-refractivity contribution in [2.75, 3.05) is 13.2 Å². The molecule has 10 nitrogen and oxygen atoms in total. The number of rotatable bonds is 6. The zero-order valence-electron chi connectivity index (χ0n) is 10.9. The summed E-state index contributed by atoms with van der Waals surface area (Å²) in [7, 11) is 0. The van der Waals surface area contributed by atoms with Gasteiger partial charge in [0.15, 0.2) is 5.78 Å². The number of hydrogen-bond donors (Lipinski definition) is 8. The van der Waals surface area contributed by atoms with E-state index in [4.69, 9.17) is 14.9 Å². The zero-order chi connectivity index (χ0) is 16.3. The van der Waals surface area contributed by atoms with Gasteiger partial charge < -0.3 is 45.6 Å². The van der Waals surface area contributed by atoms with Crippen molar-refractivity contribution >= 4 is 5.78 Å². The zero-order valence-corrected chi connectivity index (χ0v) is 10.9. The lowest BCUT2D eigenvalue weighted by molar-refractivity contribution is -0.200. The average Bonchev–Trinajstić information content (AvgIpc) is 2.49. The molecule has 21 heavy (non-hydrogen) atoms. The molecule has 0 aromatic heterocycles. The molecule has 0 spiro atoms. The van der Waals surface area contributed by atoms with Crippen molar-refractivity contribution in [2.24, 2.45) is 0 Å². The van der Waals surface area contributed by atoms with Crippen LogP contribution in [-0.2, 0) is 9.53 Å². The van der Waals surface area contributed by atoms with Crippen molar-refractivity contribution in [1.82, 2.24) is 0 Å². The summed E-state index contributed by atoms with van der Waals surface area (Å²) < 4.78 is 4.80. The van der Waals surface area contributed by atoms with Gasteiger partial charge in [0.2, 0.25) is 0 Å². The van der Waals surface area contributed by atoms with E-state index in [1.807, 2.05) is 0 Å². The van der Waals surface area contributed by atoms with Crippen LogP contribution in [0.4, 0.5) is 0 Å². The lowest BCUT2D eigenvalue weighted by atomic mass is 9.91. The van der Waals surface area contributed by atoms with Crippen LogP contribution >= 0.6 is 0 Å². The van der Waals surface area contributed by atoms with Gasteiger partial charge in [0.05, 0.1) is 13.2 Å². The highest BCUT2D eigenvalue weighted by molar-refractivity contribution is 5.88. The minimum Gasteiger partial charge on any atom is -0.394 e. The molecular formula is C11H20O10. The topological polar surface area (TPSA) is 188 Å². The van der Waals surface area contributed by atoms with Gasteiger partial charge in [-0.3, -0.25) is 4.79 Å². The van der Waals surface area contributed by atoms with Gasteiger partial charge in [-0.25, -0.2) is 0 Å². The molecule has 0 radical (unpaired) electrons. The molecule has 0 aliphatic carbocycles. The number of hydrogen-bond acceptors (Lipinski definition) is 10. The van der Waals surface area contributed by atoms with E-state index in [0.29, 0.717) is 0 Å². The molecule has 0 aromatic carbocycles. The first-order valence-corrected chi connectivity index (χ1v) is 6.25. The van der Waals surface area contributed by atoms with Crippen molar-refractivity contribution < 1.29 is 50.4 Å². The number of aliphatic hydroxyl groups is 8. The van der Waals surface area contributed by atoms with E-state index >= 15 is 0 Å². The fraction of sp³-hybridized carbons (Fsp3) is 0.909. The summed E-state index contributed by atoms with van der Waals surface area (Å²) in [5.41, 5.74) is 0. The van der Waals surface area contributed by atoms with Gasteiger partial charge >= 0.3 is 0 Å². The van der Waals surface area contributed by atoms with Crippen LogP contribution < -0.4 is 0 Å². The minimum absolute atomic E-state index is 0.473. The first kappa shape index (κ1) is 18.4. The summed E-state index contributed by atoms with van der Waals surface area (Å²) in [4.78, 5) is 11.9. The van der Waals surface area contributed by atoms with Gasteiger partial charge in [-0.05, 0) is 0 Å². The average molecular weight is 312 g/mol. The summed E-state index contributed by atoms with van der Waals surface area (Å²) in [5, 5.41) is 74.6. The van der Waals surface area contributed by atoms with E-state index in [9.17, 15) is 35.4 Å². The molecule has 0 aromatic rings. The van der Waals surface area contributed by atoms with Crippen LogP contribution in [0.3, 0.4) is 0 Å². The van der Waals surface area contributed by atoms with Crippen molar-refractivity contribution in [3.63, 3.8) is 0 Å². The number of Topliss-reactive ketones (excluding diaryl/α,β-unsaturated/α-hetero) is 1. The molecule has 1 fully saturated rings. The Balaban J connectivity index is 2.73. The molecule has 1 heterocycles. The molecule has 1 aliphatic rings. The number of ketones is 1. The predicted octanol–water partition coefficient (Wildman–Crippen LogP) is -5.53. The van der Waals surface area contributed by atoms with Gasteiger partial charge in [0.25, 0.3) is 0 Å². The molecule has 1 aliphatic heterocycles. The highest BCUT2D eigenvalue weighted by atomic mass is 16.5. The Labute approximate surface area is 119 Å². The third-order valence-corrected chi connectivity index (χ3v) is 3.33. The van der Waals surface area contributed by atoms with E-state index < -0.39 is 67.8 Å². The summed E-state index contributed by atoms with van der Waals surface area (Å²) in [6.45, 7) is -1.38. The Bertz CT molecular complexity index is 350. The van der Waals surface area contributed by atoms with E-state index in [2.05, 4.69) is 0 Å². The van der Waals surface area contributed by atoms with E-state index in [-0.39, 0.29) is 0 Å². The van der Waals surface area contributed by atoms with Gasteiger partial charge in [0, 0.05) is 0 Å². The molecule has 10 heteroatoms. The Hall–Kier alpha value is -0.690. The van der Waals surface area contributed by atoms with Crippen LogP contribution in [0.15, 0.2) is 0 Å². The van der Waals surface area contributed by atoms with Crippen LogP contribution in [0, 0.1) is 0 Å². The Kier molecular flexibility index (Phi) is 6.59. The molecular weight excluding hydrogens is 292 g/mol. The first-order valence-electron chi connectivity index (χ1n) is 6.25. The fourth-order valence-electron chi connectivity index (χ4n) is 1.92. The maximum Gasteiger partial charge on any atom is 0.195 e. The van der Waals surface area contributed by atoms with Crippen molar-refractivity contribution in [2.45, 2.75) is 48.8 Å². The molecule has 0 amide bonds. The van der Waals surface area contributed by atoms with E-state index in [1.54, 1.807) is 0 Å². The third-order valence-electron chi connectivity index (χ3n) is 3.33. The van der Waals surface area contributed by atoms with Crippen LogP contribution in [0.25, 0.3) is 0 Å². The van der Waals surface area contributed by atoms with Crippen molar-refractivity contribution in [1.29, 1.82) is 0 Å². The standard InChI is InChI=1S/C11H20O10/c12-1-3(13)5(15)7(17)8(18)10(20)11-9(19)6(16)4(14)2-21-11/h3-9,11-19H,1-2H2/t3-,4-,5-,6+,7+,8-,9-,11?/m1/s1. The summed E-state index contributed by atoms with van der Waals surface area (Å²) in [6, 6.07) is 0. The fourth-order valence-corrected chi connectivity index (χ4v) is 1.92. The predicted molar refractivity (Wildman–Crippen MR) is 63.9 cm³/mol. The molecule has 0 saturated carbocycles. The molecule has 124 valence electrons. The second kappa shape index (κ2) is 7.54. The summed E-state index contributed by atoms with van der Waals surface area (Å²) >= 11 is 0. The van der Waals surface area contributed by atoms with Gasteiger partial charge in [-0.2, -0.15) is 0 Å². The number of carbonyl (C=O) groups is 1. The first-order chi connectivity index (χ1) is 9.72. The maximum absolute atomic E-state index is 11.9. The number of ether oxygens (including phenoxy) is 1. The summed E-state index contributed by atoms with van der Waals surface area (Å²) in [5.74, 6) is -1.25. The van der Waals surface area contributed by atoms with Crippen LogP contribution in [0.1, 0.15) is 0 Å². The lowest BCUT2D eigenvalue weighted by Crippen LogP contribution is -2.59. The quantitative estimate of drug-likeness (QED) is 0.235. The van der Waals surface area contributed by atoms with Gasteiger partial charge in [-0.1, -0.05) is 0 Å². The normalized spacial score (nSPS) is 35.8. The maximum atomic E-state index is 11.9. The van der Waals surface area contributed by atoms with Crippen LogP contribution in [0.5, 0.6) is 0 Å².